The molecule has 4 heterocycles. The molecule has 0 radical (unpaired) electrons. The van der Waals surface area contributed by atoms with Crippen LogP contribution in [0.1, 0.15) is 24.0 Å². The van der Waals surface area contributed by atoms with E-state index in [0.29, 0.717) is 58.8 Å². The van der Waals surface area contributed by atoms with E-state index in [1.165, 1.54) is 0 Å². The maximum Gasteiger partial charge on any atom is 0.247 e. The average Bonchev–Trinajstić information content (AvgIpc) is 3.77. The second-order valence-electron chi connectivity index (χ2n) is 13.3. The van der Waals surface area contributed by atoms with E-state index in [1.807, 2.05) is 65.6 Å². The fourth-order valence-electron chi connectivity index (χ4n) is 8.29. The summed E-state index contributed by atoms with van der Waals surface area (Å²) >= 11 is 1.67. The molecule has 4 aliphatic heterocycles. The number of morpholine rings is 1. The molecular weight excluding hydrogens is 625 g/mol. The van der Waals surface area contributed by atoms with Gasteiger partial charge in [-0.25, -0.2) is 0 Å². The number of benzene rings is 2. The molecule has 3 amide bonds. The number of hydrogen-bond donors (Lipinski definition) is 1. The number of carbonyl (C=O) groups excluding carboxylic acids is 3. The summed E-state index contributed by atoms with van der Waals surface area (Å²) in [6.07, 6.45) is 5.31. The molecule has 10 heteroatoms. The van der Waals surface area contributed by atoms with E-state index in [-0.39, 0.29) is 29.6 Å². The second kappa shape index (κ2) is 15.4. The second-order valence-corrected chi connectivity index (χ2v) is 14.9. The molecule has 2 bridgehead atoms. The Morgan fingerprint density at radius 2 is 1.62 bits per heavy atom. The first-order chi connectivity index (χ1) is 23.4. The van der Waals surface area contributed by atoms with Gasteiger partial charge in [0.2, 0.25) is 17.7 Å². The van der Waals surface area contributed by atoms with E-state index < -0.39 is 28.7 Å². The Morgan fingerprint density at radius 3 is 2.27 bits per heavy atom. The molecule has 2 unspecified atom stereocenters. The van der Waals surface area contributed by atoms with Crippen LogP contribution in [-0.4, -0.2) is 124 Å². The predicted molar refractivity (Wildman–Crippen MR) is 188 cm³/mol. The molecule has 9 nitrogen and oxygen atoms in total. The highest BCUT2D eigenvalue weighted by atomic mass is 32.2. The largest absolute Gasteiger partial charge is 0.394 e. The van der Waals surface area contributed by atoms with Crippen LogP contribution in [0, 0.1) is 11.8 Å². The fourth-order valence-corrected chi connectivity index (χ4v) is 10.5. The van der Waals surface area contributed by atoms with Crippen molar-refractivity contribution in [3.8, 4) is 0 Å². The Hall–Kier alpha value is -3.44. The van der Waals surface area contributed by atoms with E-state index in [2.05, 4.69) is 18.1 Å². The number of rotatable bonds is 15. The lowest BCUT2D eigenvalue weighted by Crippen LogP contribution is -2.58. The smallest absolute Gasteiger partial charge is 0.247 e. The van der Waals surface area contributed by atoms with Crippen LogP contribution in [0.2, 0.25) is 0 Å². The highest BCUT2D eigenvalue weighted by molar-refractivity contribution is 8.02. The summed E-state index contributed by atoms with van der Waals surface area (Å²) in [6, 6.07) is 18.2. The monoisotopic (exact) mass is 672 g/mol. The van der Waals surface area contributed by atoms with Crippen LogP contribution in [0.3, 0.4) is 0 Å². The van der Waals surface area contributed by atoms with Gasteiger partial charge in [-0.15, -0.1) is 24.9 Å². The molecule has 4 fully saturated rings. The summed E-state index contributed by atoms with van der Waals surface area (Å²) in [5.74, 6) is -1.60. The molecule has 1 spiro atoms. The van der Waals surface area contributed by atoms with Crippen molar-refractivity contribution in [2.75, 3.05) is 59.1 Å². The Kier molecular flexibility index (Phi) is 11.1. The van der Waals surface area contributed by atoms with Gasteiger partial charge in [-0.2, -0.15) is 0 Å². The quantitative estimate of drug-likeness (QED) is 0.291. The summed E-state index contributed by atoms with van der Waals surface area (Å²) in [5, 5.41) is 10.8. The maximum absolute atomic E-state index is 15.0. The van der Waals surface area contributed by atoms with Crippen LogP contribution in [0.15, 0.2) is 86.0 Å². The molecule has 1 N–H and O–H groups in total. The molecule has 0 aromatic heterocycles. The summed E-state index contributed by atoms with van der Waals surface area (Å²) in [6.45, 7) is 12.9. The van der Waals surface area contributed by atoms with Gasteiger partial charge in [0.15, 0.2) is 0 Å². The summed E-state index contributed by atoms with van der Waals surface area (Å²) in [7, 11) is 0. The summed E-state index contributed by atoms with van der Waals surface area (Å²) < 4.78 is 4.77. The number of likely N-dealkylation sites (tertiary alicyclic amines) is 1. The van der Waals surface area contributed by atoms with E-state index >= 15 is 0 Å². The molecule has 2 aromatic carbocycles. The predicted octanol–water partition coefficient (Wildman–Crippen LogP) is 3.24. The van der Waals surface area contributed by atoms with Crippen molar-refractivity contribution in [1.82, 2.24) is 19.6 Å². The standard InChI is InChI=1S/C38H48N4O5S/c1-3-17-40(20-19-39-21-23-47-24-22-39)37(46)34-38-16-15-31(48-38)32(35(44)41(18-4-2)26-29-13-9-6-10-14-29)33(38)36(45)42(34)30(27-43)25-28-11-7-5-8-12-28/h3-14,30-34,43H,1-2,15-27H2/t30-,31+,32-,33+,34?,38?/m1/s1. The first-order valence-corrected chi connectivity index (χ1v) is 18.1. The molecule has 48 heavy (non-hydrogen) atoms. The van der Waals surface area contributed by atoms with Crippen LogP contribution in [0.5, 0.6) is 0 Å². The SMILES string of the molecule is C=CCN(CCN1CCOCC1)C(=O)C1N([C@@H](CO)Cc2ccccc2)C(=O)[C@@H]2[C@H](C(=O)N(CC=C)Cc3ccccc3)[C@@H]3CCC12S3. The molecule has 6 rings (SSSR count). The topological polar surface area (TPSA) is 93.6 Å². The molecule has 6 atom stereocenters. The Balaban J connectivity index is 1.35. The van der Waals surface area contributed by atoms with Crippen molar-refractivity contribution in [3.63, 3.8) is 0 Å². The maximum atomic E-state index is 15.0. The zero-order valence-electron chi connectivity index (χ0n) is 27.7. The van der Waals surface area contributed by atoms with Gasteiger partial charge in [-0.05, 0) is 30.4 Å². The van der Waals surface area contributed by atoms with Gasteiger partial charge in [-0.1, -0.05) is 72.8 Å². The average molecular weight is 673 g/mol. The molecule has 2 aromatic rings. The zero-order chi connectivity index (χ0) is 33.7. The van der Waals surface area contributed by atoms with Gasteiger partial charge in [0.05, 0.1) is 42.4 Å². The minimum Gasteiger partial charge on any atom is -0.394 e. The molecular formula is C38H48N4O5S. The van der Waals surface area contributed by atoms with Crippen molar-refractivity contribution < 1.29 is 24.2 Å². The molecule has 0 saturated carbocycles. The van der Waals surface area contributed by atoms with E-state index in [1.54, 1.807) is 33.7 Å². The molecule has 256 valence electrons. The summed E-state index contributed by atoms with van der Waals surface area (Å²) in [5.41, 5.74) is 1.99. The van der Waals surface area contributed by atoms with Gasteiger partial charge in [0, 0.05) is 51.1 Å². The third-order valence-electron chi connectivity index (χ3n) is 10.5. The minimum absolute atomic E-state index is 0.0603. The number of aliphatic hydroxyl groups is 1. The van der Waals surface area contributed by atoms with Gasteiger partial charge in [0.1, 0.15) is 6.04 Å². The number of thioether (sulfide) groups is 1. The van der Waals surface area contributed by atoms with Crippen molar-refractivity contribution in [1.29, 1.82) is 0 Å². The van der Waals surface area contributed by atoms with E-state index in [9.17, 15) is 19.5 Å². The van der Waals surface area contributed by atoms with Gasteiger partial charge >= 0.3 is 0 Å². The number of carbonyl (C=O) groups is 3. The van der Waals surface area contributed by atoms with Crippen molar-refractivity contribution in [2.24, 2.45) is 11.8 Å². The van der Waals surface area contributed by atoms with Gasteiger partial charge in [0.25, 0.3) is 0 Å². The molecule has 0 aliphatic carbocycles. The Labute approximate surface area is 288 Å². The molecule has 4 aliphatic rings. The van der Waals surface area contributed by atoms with Crippen molar-refractivity contribution >= 4 is 29.5 Å². The van der Waals surface area contributed by atoms with Crippen molar-refractivity contribution in [3.05, 3.63) is 97.1 Å². The highest BCUT2D eigenvalue weighted by Crippen LogP contribution is 2.67. The number of ether oxygens (including phenoxy) is 1. The number of aliphatic hydroxyl groups excluding tert-OH is 1. The van der Waals surface area contributed by atoms with Gasteiger partial charge in [-0.3, -0.25) is 19.3 Å². The number of amides is 3. The molecule has 4 saturated heterocycles. The lowest BCUT2D eigenvalue weighted by atomic mass is 9.70. The van der Waals surface area contributed by atoms with Gasteiger partial charge < -0.3 is 24.5 Å². The van der Waals surface area contributed by atoms with Crippen LogP contribution in [-0.2, 0) is 32.1 Å². The van der Waals surface area contributed by atoms with Crippen LogP contribution < -0.4 is 0 Å². The number of nitrogens with zero attached hydrogens (tertiary/aromatic N) is 4. The zero-order valence-corrected chi connectivity index (χ0v) is 28.5. The first-order valence-electron chi connectivity index (χ1n) is 17.2. The summed E-state index contributed by atoms with van der Waals surface area (Å²) in [4.78, 5) is 52.0. The van der Waals surface area contributed by atoms with E-state index in [0.717, 1.165) is 30.6 Å². The fraction of sp³-hybridized carbons (Fsp3) is 0.500. The highest BCUT2D eigenvalue weighted by Gasteiger charge is 2.74. The Bertz CT molecular complexity index is 1450. The number of hydrogen-bond acceptors (Lipinski definition) is 7. The lowest BCUT2D eigenvalue weighted by Gasteiger charge is -2.40. The number of fused-ring (bicyclic) bond motifs is 1. The van der Waals surface area contributed by atoms with Crippen LogP contribution in [0.25, 0.3) is 0 Å². The van der Waals surface area contributed by atoms with Crippen LogP contribution >= 0.6 is 11.8 Å². The van der Waals surface area contributed by atoms with E-state index in [4.69, 9.17) is 4.74 Å². The van der Waals surface area contributed by atoms with Crippen molar-refractivity contribution in [2.45, 2.75) is 47.9 Å². The lowest BCUT2D eigenvalue weighted by molar-refractivity contribution is -0.147. The third-order valence-corrected chi connectivity index (χ3v) is 12.5. The normalized spacial score (nSPS) is 27.0. The first kappa shape index (κ1) is 34.4. The Morgan fingerprint density at radius 1 is 0.979 bits per heavy atom. The van der Waals surface area contributed by atoms with Crippen LogP contribution in [0.4, 0.5) is 0 Å². The third kappa shape index (κ3) is 6.72. The minimum atomic E-state index is -0.796.